The predicted octanol–water partition coefficient (Wildman–Crippen LogP) is 3.91. The van der Waals surface area contributed by atoms with Crippen LogP contribution in [-0.2, 0) is 0 Å². The van der Waals surface area contributed by atoms with E-state index >= 15 is 0 Å². The molecule has 112 valence electrons. The molecule has 0 saturated heterocycles. The van der Waals surface area contributed by atoms with E-state index in [0.29, 0.717) is 17.9 Å². The summed E-state index contributed by atoms with van der Waals surface area (Å²) in [6.07, 6.45) is 4.70. The maximum absolute atomic E-state index is 12.4. The van der Waals surface area contributed by atoms with Crippen LogP contribution in [-0.4, -0.2) is 18.8 Å². The number of benzene rings is 1. The van der Waals surface area contributed by atoms with Gasteiger partial charge in [-0.1, -0.05) is 31.7 Å². The molecule has 1 aromatic carbocycles. The molecule has 1 saturated carbocycles. The van der Waals surface area contributed by atoms with Crippen LogP contribution in [0.15, 0.2) is 18.2 Å². The van der Waals surface area contributed by atoms with Gasteiger partial charge in [-0.05, 0) is 30.0 Å². The molecule has 20 heavy (non-hydrogen) atoms. The lowest BCUT2D eigenvalue weighted by molar-refractivity contribution is -0.0513. The van der Waals surface area contributed by atoms with Crippen molar-refractivity contribution in [1.29, 1.82) is 0 Å². The molecule has 0 aliphatic heterocycles. The molecule has 5 heteroatoms. The molecular formula is C15H20F2O3. The molecule has 1 fully saturated rings. The van der Waals surface area contributed by atoms with Crippen LogP contribution < -0.4 is 9.47 Å². The van der Waals surface area contributed by atoms with Gasteiger partial charge < -0.3 is 14.6 Å². The Labute approximate surface area is 117 Å². The Morgan fingerprint density at radius 2 is 1.95 bits per heavy atom. The van der Waals surface area contributed by atoms with Gasteiger partial charge >= 0.3 is 6.61 Å². The zero-order valence-corrected chi connectivity index (χ0v) is 11.5. The summed E-state index contributed by atoms with van der Waals surface area (Å²) in [5.74, 6) is 0.721. The molecule has 0 spiro atoms. The molecule has 0 bridgehead atoms. The minimum absolute atomic E-state index is 0.0366. The van der Waals surface area contributed by atoms with E-state index in [1.807, 2.05) is 0 Å². The molecule has 1 atom stereocenters. The third-order valence-electron chi connectivity index (χ3n) is 3.82. The van der Waals surface area contributed by atoms with Crippen molar-refractivity contribution in [3.05, 3.63) is 23.8 Å². The normalized spacial score (nSPS) is 17.4. The lowest BCUT2D eigenvalue weighted by Crippen LogP contribution is -2.07. The topological polar surface area (TPSA) is 38.7 Å². The summed E-state index contributed by atoms with van der Waals surface area (Å²) in [5.41, 5.74) is 0.591. The van der Waals surface area contributed by atoms with Gasteiger partial charge in [-0.15, -0.1) is 0 Å². The van der Waals surface area contributed by atoms with Gasteiger partial charge in [0.15, 0.2) is 11.5 Å². The first-order valence-corrected chi connectivity index (χ1v) is 6.91. The molecule has 1 unspecified atom stereocenters. The van der Waals surface area contributed by atoms with Crippen LogP contribution in [0.4, 0.5) is 8.78 Å². The fourth-order valence-corrected chi connectivity index (χ4v) is 2.79. The highest BCUT2D eigenvalue weighted by Gasteiger charge is 2.21. The summed E-state index contributed by atoms with van der Waals surface area (Å²) in [4.78, 5) is 0. The number of rotatable bonds is 6. The highest BCUT2D eigenvalue weighted by atomic mass is 19.3. The van der Waals surface area contributed by atoms with Crippen molar-refractivity contribution in [2.24, 2.45) is 5.92 Å². The Morgan fingerprint density at radius 1 is 1.25 bits per heavy atom. The monoisotopic (exact) mass is 286 g/mol. The molecule has 1 aliphatic rings. The molecule has 0 aromatic heterocycles. The molecule has 1 N–H and O–H groups in total. The third-order valence-corrected chi connectivity index (χ3v) is 3.82. The average Bonchev–Trinajstić information content (AvgIpc) is 2.90. The number of ether oxygens (including phenoxy) is 2. The molecule has 3 nitrogen and oxygen atoms in total. The van der Waals surface area contributed by atoms with Gasteiger partial charge in [0.05, 0.1) is 13.2 Å². The Bertz CT molecular complexity index is 431. The first-order valence-electron chi connectivity index (χ1n) is 6.91. The first-order chi connectivity index (χ1) is 9.60. The number of halogens is 2. The van der Waals surface area contributed by atoms with E-state index in [1.54, 1.807) is 12.1 Å². The standard InChI is InChI=1S/C15H20F2O3/c1-19-13-7-6-11(9-14(13)20-15(16)17)12(18)8-10-4-2-3-5-10/h6-7,9-10,12,15,18H,2-5,8H2,1H3. The number of hydrogen-bond acceptors (Lipinski definition) is 3. The van der Waals surface area contributed by atoms with Gasteiger partial charge in [-0.2, -0.15) is 8.78 Å². The van der Waals surface area contributed by atoms with E-state index in [1.165, 1.54) is 26.0 Å². The average molecular weight is 286 g/mol. The number of hydrogen-bond donors (Lipinski definition) is 1. The van der Waals surface area contributed by atoms with Crippen molar-refractivity contribution in [3.63, 3.8) is 0 Å². The van der Waals surface area contributed by atoms with Crippen LogP contribution >= 0.6 is 0 Å². The number of methoxy groups -OCH3 is 1. The Kier molecular flexibility index (Phi) is 5.17. The number of aliphatic hydroxyl groups is 1. The van der Waals surface area contributed by atoms with Crippen molar-refractivity contribution in [2.45, 2.75) is 44.8 Å². The van der Waals surface area contributed by atoms with Crippen LogP contribution in [0.2, 0.25) is 0 Å². The molecule has 1 aromatic rings. The van der Waals surface area contributed by atoms with Crippen molar-refractivity contribution in [1.82, 2.24) is 0 Å². The van der Waals surface area contributed by atoms with Crippen LogP contribution in [0, 0.1) is 5.92 Å². The molecule has 2 rings (SSSR count). The van der Waals surface area contributed by atoms with Gasteiger partial charge in [0.1, 0.15) is 0 Å². The number of alkyl halides is 2. The Morgan fingerprint density at radius 3 is 2.55 bits per heavy atom. The minimum atomic E-state index is -2.91. The van der Waals surface area contributed by atoms with E-state index in [9.17, 15) is 13.9 Å². The third kappa shape index (κ3) is 3.82. The highest BCUT2D eigenvalue weighted by Crippen LogP contribution is 2.36. The summed E-state index contributed by atoms with van der Waals surface area (Å²) < 4.78 is 34.1. The van der Waals surface area contributed by atoms with Crippen LogP contribution in [0.1, 0.15) is 43.8 Å². The minimum Gasteiger partial charge on any atom is -0.493 e. The Balaban J connectivity index is 2.10. The Hall–Kier alpha value is -1.36. The van der Waals surface area contributed by atoms with E-state index < -0.39 is 12.7 Å². The van der Waals surface area contributed by atoms with Gasteiger partial charge in [0.25, 0.3) is 0 Å². The van der Waals surface area contributed by atoms with Gasteiger partial charge in [0, 0.05) is 0 Å². The van der Waals surface area contributed by atoms with Crippen molar-refractivity contribution >= 4 is 0 Å². The maximum atomic E-state index is 12.4. The molecule has 0 amide bonds. The van der Waals surface area contributed by atoms with Crippen molar-refractivity contribution < 1.29 is 23.4 Å². The first kappa shape index (κ1) is 15.0. The van der Waals surface area contributed by atoms with Gasteiger partial charge in [0.2, 0.25) is 0 Å². The van der Waals surface area contributed by atoms with E-state index in [0.717, 1.165) is 12.8 Å². The fraction of sp³-hybridized carbons (Fsp3) is 0.600. The lowest BCUT2D eigenvalue weighted by Gasteiger charge is -2.17. The quantitative estimate of drug-likeness (QED) is 0.861. The lowest BCUT2D eigenvalue weighted by atomic mass is 9.95. The summed E-state index contributed by atoms with van der Waals surface area (Å²) in [7, 11) is 1.39. The van der Waals surface area contributed by atoms with E-state index in [-0.39, 0.29) is 11.5 Å². The zero-order chi connectivity index (χ0) is 14.5. The summed E-state index contributed by atoms with van der Waals surface area (Å²) >= 11 is 0. The summed E-state index contributed by atoms with van der Waals surface area (Å²) in [5, 5.41) is 10.2. The van der Waals surface area contributed by atoms with E-state index in [4.69, 9.17) is 4.74 Å². The van der Waals surface area contributed by atoms with Crippen LogP contribution in [0.5, 0.6) is 11.5 Å². The molecular weight excluding hydrogens is 266 g/mol. The predicted molar refractivity (Wildman–Crippen MR) is 71.2 cm³/mol. The zero-order valence-electron chi connectivity index (χ0n) is 11.5. The fourth-order valence-electron chi connectivity index (χ4n) is 2.79. The van der Waals surface area contributed by atoms with Crippen LogP contribution in [0.25, 0.3) is 0 Å². The molecule has 0 heterocycles. The van der Waals surface area contributed by atoms with E-state index in [2.05, 4.69) is 4.74 Å². The SMILES string of the molecule is COc1ccc(C(O)CC2CCCC2)cc1OC(F)F. The second kappa shape index (κ2) is 6.88. The second-order valence-electron chi connectivity index (χ2n) is 5.19. The molecule has 0 radical (unpaired) electrons. The molecule has 1 aliphatic carbocycles. The van der Waals surface area contributed by atoms with Gasteiger partial charge in [-0.25, -0.2) is 0 Å². The largest absolute Gasteiger partial charge is 0.493 e. The maximum Gasteiger partial charge on any atom is 0.387 e. The van der Waals surface area contributed by atoms with Crippen LogP contribution in [0.3, 0.4) is 0 Å². The smallest absolute Gasteiger partial charge is 0.387 e. The second-order valence-corrected chi connectivity index (χ2v) is 5.19. The van der Waals surface area contributed by atoms with Gasteiger partial charge in [-0.3, -0.25) is 0 Å². The summed E-state index contributed by atoms with van der Waals surface area (Å²) in [6.45, 7) is -2.91. The van der Waals surface area contributed by atoms with Crippen molar-refractivity contribution in [3.8, 4) is 11.5 Å². The highest BCUT2D eigenvalue weighted by molar-refractivity contribution is 5.43. The summed E-state index contributed by atoms with van der Waals surface area (Å²) in [6, 6.07) is 4.67. The van der Waals surface area contributed by atoms with Crippen molar-refractivity contribution in [2.75, 3.05) is 7.11 Å². The number of aliphatic hydroxyl groups excluding tert-OH is 1.